The van der Waals surface area contributed by atoms with Gasteiger partial charge >= 0.3 is 0 Å². The van der Waals surface area contributed by atoms with E-state index in [1.54, 1.807) is 30.3 Å². The van der Waals surface area contributed by atoms with E-state index in [1.165, 1.54) is 12.1 Å². The van der Waals surface area contributed by atoms with Crippen molar-refractivity contribution in [2.24, 2.45) is 0 Å². The molecule has 0 bridgehead atoms. The van der Waals surface area contributed by atoms with Gasteiger partial charge in [-0.2, -0.15) is 0 Å². The molecule has 1 amide bonds. The first-order valence-corrected chi connectivity index (χ1v) is 8.58. The highest BCUT2D eigenvalue weighted by Crippen LogP contribution is 2.29. The minimum atomic E-state index is -0.457. The summed E-state index contributed by atoms with van der Waals surface area (Å²) in [5, 5.41) is 18.3. The lowest BCUT2D eigenvalue weighted by atomic mass is 10.1. The normalized spacial score (nSPS) is 10.7. The Balaban J connectivity index is 1.53. The van der Waals surface area contributed by atoms with Crippen molar-refractivity contribution in [2.75, 3.05) is 0 Å². The van der Waals surface area contributed by atoms with Gasteiger partial charge in [0.05, 0.1) is 10.3 Å². The Hall–Kier alpha value is -4.00. The van der Waals surface area contributed by atoms with Crippen molar-refractivity contribution >= 4 is 22.5 Å². The topological polar surface area (TPSA) is 98.3 Å². The van der Waals surface area contributed by atoms with Crippen LogP contribution in [0.5, 0.6) is 0 Å². The first-order chi connectivity index (χ1) is 13.6. The lowest BCUT2D eigenvalue weighted by molar-refractivity contribution is -0.384. The Morgan fingerprint density at radius 3 is 2.50 bits per heavy atom. The third-order valence-electron chi connectivity index (χ3n) is 4.37. The van der Waals surface area contributed by atoms with E-state index in [0.717, 1.165) is 16.5 Å². The second kappa shape index (κ2) is 7.32. The molecule has 1 N–H and O–H groups in total. The molecular weight excluding hydrogens is 358 g/mol. The number of amides is 1. The van der Waals surface area contributed by atoms with Crippen LogP contribution in [0.1, 0.15) is 15.9 Å². The highest BCUT2D eigenvalue weighted by atomic mass is 16.6. The van der Waals surface area contributed by atoms with Crippen LogP contribution < -0.4 is 5.32 Å². The van der Waals surface area contributed by atoms with E-state index < -0.39 is 4.92 Å². The van der Waals surface area contributed by atoms with Gasteiger partial charge in [-0.3, -0.25) is 14.9 Å². The van der Waals surface area contributed by atoms with Gasteiger partial charge in [-0.05, 0) is 23.8 Å². The summed E-state index contributed by atoms with van der Waals surface area (Å²) in [6.45, 7) is 0.268. The number of benzene rings is 3. The minimum absolute atomic E-state index is 0.0152. The van der Waals surface area contributed by atoms with Gasteiger partial charge in [0.15, 0.2) is 5.76 Å². The van der Waals surface area contributed by atoms with Crippen molar-refractivity contribution in [2.45, 2.75) is 6.54 Å². The maximum atomic E-state index is 12.5. The van der Waals surface area contributed by atoms with Crippen molar-refractivity contribution < 1.29 is 14.2 Å². The van der Waals surface area contributed by atoms with Gasteiger partial charge in [-0.1, -0.05) is 47.6 Å². The molecule has 1 heterocycles. The summed E-state index contributed by atoms with van der Waals surface area (Å²) in [4.78, 5) is 22.8. The number of fused-ring (bicyclic) bond motifs is 1. The van der Waals surface area contributed by atoms with Crippen molar-refractivity contribution in [3.63, 3.8) is 0 Å². The van der Waals surface area contributed by atoms with E-state index in [2.05, 4.69) is 10.5 Å². The Labute approximate surface area is 159 Å². The Morgan fingerprint density at radius 2 is 1.79 bits per heavy atom. The van der Waals surface area contributed by atoms with Gasteiger partial charge < -0.3 is 9.84 Å². The fourth-order valence-electron chi connectivity index (χ4n) is 2.90. The van der Waals surface area contributed by atoms with Crippen LogP contribution in [0.15, 0.2) is 77.3 Å². The predicted molar refractivity (Wildman–Crippen MR) is 104 cm³/mol. The number of hydrogen-bond acceptors (Lipinski definition) is 5. The number of nitro groups is 1. The Morgan fingerprint density at radius 1 is 1.04 bits per heavy atom. The largest absolute Gasteiger partial charge is 0.355 e. The molecule has 28 heavy (non-hydrogen) atoms. The maximum Gasteiger partial charge on any atom is 0.269 e. The SMILES string of the molecule is O=C(NCc1ccc([N+](=O)[O-])cc1)c1ccc2noc(-c3ccccc3)c2c1. The average Bonchev–Trinajstić information content (AvgIpc) is 3.16. The highest BCUT2D eigenvalue weighted by molar-refractivity contribution is 6.00. The molecule has 0 unspecified atom stereocenters. The molecule has 0 radical (unpaired) electrons. The molecular formula is C21H15N3O4. The van der Waals surface area contributed by atoms with Gasteiger partial charge in [-0.25, -0.2) is 0 Å². The van der Waals surface area contributed by atoms with E-state index in [9.17, 15) is 14.9 Å². The third-order valence-corrected chi connectivity index (χ3v) is 4.37. The molecule has 7 heteroatoms. The summed E-state index contributed by atoms with van der Waals surface area (Å²) in [6, 6.07) is 20.8. The second-order valence-corrected chi connectivity index (χ2v) is 6.22. The van der Waals surface area contributed by atoms with Crippen LogP contribution in [0.4, 0.5) is 5.69 Å². The van der Waals surface area contributed by atoms with Crippen LogP contribution in [-0.2, 0) is 6.54 Å². The van der Waals surface area contributed by atoms with Crippen molar-refractivity contribution in [1.82, 2.24) is 10.5 Å². The first kappa shape index (κ1) is 17.4. The van der Waals surface area contributed by atoms with E-state index in [1.807, 2.05) is 30.3 Å². The number of aromatic nitrogens is 1. The fourth-order valence-corrected chi connectivity index (χ4v) is 2.90. The zero-order chi connectivity index (χ0) is 19.5. The maximum absolute atomic E-state index is 12.5. The summed E-state index contributed by atoms with van der Waals surface area (Å²) in [5.74, 6) is 0.362. The third kappa shape index (κ3) is 3.45. The predicted octanol–water partition coefficient (Wildman–Crippen LogP) is 4.33. The van der Waals surface area contributed by atoms with Gasteiger partial charge in [0.1, 0.15) is 5.52 Å². The molecule has 0 atom stereocenters. The van der Waals surface area contributed by atoms with Gasteiger partial charge in [0, 0.05) is 29.8 Å². The molecule has 0 saturated heterocycles. The van der Waals surface area contributed by atoms with Crippen LogP contribution in [0.25, 0.3) is 22.2 Å². The molecule has 138 valence electrons. The van der Waals surface area contributed by atoms with E-state index >= 15 is 0 Å². The zero-order valence-corrected chi connectivity index (χ0v) is 14.7. The summed E-state index contributed by atoms with van der Waals surface area (Å²) >= 11 is 0. The lowest BCUT2D eigenvalue weighted by Crippen LogP contribution is -2.22. The van der Waals surface area contributed by atoms with Crippen molar-refractivity contribution in [1.29, 1.82) is 0 Å². The standard InChI is InChI=1S/C21H15N3O4/c25-21(22-13-14-6-9-17(10-7-14)24(26)27)16-8-11-19-18(12-16)20(28-23-19)15-4-2-1-3-5-15/h1-12H,13H2,(H,22,25). The lowest BCUT2D eigenvalue weighted by Gasteiger charge is -2.06. The number of nitro benzene ring substituents is 1. The van der Waals surface area contributed by atoms with Crippen LogP contribution in [0.2, 0.25) is 0 Å². The summed E-state index contributed by atoms with van der Waals surface area (Å²) in [5.41, 5.74) is 2.82. The molecule has 0 fully saturated rings. The molecule has 0 aliphatic rings. The van der Waals surface area contributed by atoms with Gasteiger partial charge in [-0.15, -0.1) is 0 Å². The Bertz CT molecular complexity index is 1150. The fraction of sp³-hybridized carbons (Fsp3) is 0.0476. The van der Waals surface area contributed by atoms with E-state index in [4.69, 9.17) is 4.52 Å². The van der Waals surface area contributed by atoms with Crippen molar-refractivity contribution in [3.8, 4) is 11.3 Å². The molecule has 4 aromatic rings. The monoisotopic (exact) mass is 373 g/mol. The molecule has 0 saturated carbocycles. The number of carbonyl (C=O) groups is 1. The smallest absolute Gasteiger partial charge is 0.269 e. The molecule has 4 rings (SSSR count). The number of non-ortho nitro benzene ring substituents is 1. The van der Waals surface area contributed by atoms with Crippen LogP contribution in [0, 0.1) is 10.1 Å². The van der Waals surface area contributed by atoms with E-state index in [-0.39, 0.29) is 18.1 Å². The average molecular weight is 373 g/mol. The molecule has 3 aromatic carbocycles. The van der Waals surface area contributed by atoms with E-state index in [0.29, 0.717) is 16.8 Å². The molecule has 0 spiro atoms. The summed E-state index contributed by atoms with van der Waals surface area (Å²) in [7, 11) is 0. The number of nitrogens with zero attached hydrogens (tertiary/aromatic N) is 2. The van der Waals surface area contributed by atoms with Crippen molar-refractivity contribution in [3.05, 3.63) is 94.0 Å². The first-order valence-electron chi connectivity index (χ1n) is 8.58. The molecule has 0 aliphatic heterocycles. The van der Waals surface area contributed by atoms with Gasteiger partial charge in [0.2, 0.25) is 0 Å². The summed E-state index contributed by atoms with van der Waals surface area (Å²) < 4.78 is 5.46. The quantitative estimate of drug-likeness (QED) is 0.415. The number of nitrogens with one attached hydrogen (secondary N) is 1. The zero-order valence-electron chi connectivity index (χ0n) is 14.7. The Kier molecular flexibility index (Phi) is 4.55. The second-order valence-electron chi connectivity index (χ2n) is 6.22. The van der Waals surface area contributed by atoms with Crippen LogP contribution in [0.3, 0.4) is 0 Å². The van der Waals surface area contributed by atoms with Crippen LogP contribution >= 0.6 is 0 Å². The number of hydrogen-bond donors (Lipinski definition) is 1. The molecule has 0 aliphatic carbocycles. The minimum Gasteiger partial charge on any atom is -0.355 e. The van der Waals surface area contributed by atoms with Crippen LogP contribution in [-0.4, -0.2) is 16.0 Å². The number of rotatable bonds is 5. The highest BCUT2D eigenvalue weighted by Gasteiger charge is 2.14. The molecule has 1 aromatic heterocycles. The van der Waals surface area contributed by atoms with Gasteiger partial charge in [0.25, 0.3) is 11.6 Å². The number of carbonyl (C=O) groups excluding carboxylic acids is 1. The summed E-state index contributed by atoms with van der Waals surface area (Å²) in [6.07, 6.45) is 0. The molecule has 7 nitrogen and oxygen atoms in total.